The zero-order chi connectivity index (χ0) is 20.3. The molecule has 4 nitrogen and oxygen atoms in total. The summed E-state index contributed by atoms with van der Waals surface area (Å²) in [6.45, 7) is 7.06. The third-order valence-corrected chi connectivity index (χ3v) is 10.2. The molecule has 1 unspecified atom stereocenters. The predicted molar refractivity (Wildman–Crippen MR) is 117 cm³/mol. The van der Waals surface area contributed by atoms with Crippen LogP contribution in [0.2, 0.25) is 0 Å². The molecule has 0 radical (unpaired) electrons. The van der Waals surface area contributed by atoms with Gasteiger partial charge in [-0.1, -0.05) is 5.92 Å². The van der Waals surface area contributed by atoms with Crippen molar-refractivity contribution in [3.05, 3.63) is 34.7 Å². The van der Waals surface area contributed by atoms with Crippen molar-refractivity contribution in [3.63, 3.8) is 0 Å². The van der Waals surface area contributed by atoms with E-state index >= 15 is 0 Å². The molecule has 1 aliphatic heterocycles. The fraction of sp³-hybridized carbons (Fsp3) is 0.500. The fourth-order valence-corrected chi connectivity index (χ4v) is 7.16. The van der Waals surface area contributed by atoms with Gasteiger partial charge in [0.2, 0.25) is 0 Å². The number of fused-ring (bicyclic) bond motifs is 1. The van der Waals surface area contributed by atoms with Crippen molar-refractivity contribution in [2.45, 2.75) is 50.8 Å². The number of sulfone groups is 1. The van der Waals surface area contributed by atoms with E-state index in [1.165, 1.54) is 15.6 Å². The van der Waals surface area contributed by atoms with Crippen LogP contribution in [0.4, 0.5) is 0 Å². The van der Waals surface area contributed by atoms with E-state index in [0.29, 0.717) is 5.92 Å². The van der Waals surface area contributed by atoms with Crippen LogP contribution in [0.15, 0.2) is 23.6 Å². The molecule has 3 atom stereocenters. The van der Waals surface area contributed by atoms with Crippen LogP contribution < -0.4 is 5.32 Å². The molecule has 2 heterocycles. The molecular formula is C22H26N2O2S2. The molecule has 6 heteroatoms. The number of hydrogen-bond donors (Lipinski definition) is 2. The minimum atomic E-state index is -3.36. The highest BCUT2D eigenvalue weighted by Gasteiger charge is 2.58. The van der Waals surface area contributed by atoms with E-state index in [1.807, 2.05) is 13.8 Å². The van der Waals surface area contributed by atoms with Gasteiger partial charge < -0.3 is 5.32 Å². The van der Waals surface area contributed by atoms with Crippen LogP contribution >= 0.6 is 11.3 Å². The summed E-state index contributed by atoms with van der Waals surface area (Å²) >= 11 is 1.75. The van der Waals surface area contributed by atoms with E-state index in [-0.39, 0.29) is 17.5 Å². The Balaban J connectivity index is 1.55. The van der Waals surface area contributed by atoms with Gasteiger partial charge in [0.15, 0.2) is 9.84 Å². The van der Waals surface area contributed by atoms with Gasteiger partial charge in [0.05, 0.1) is 11.3 Å². The number of nitrogens with one attached hydrogen (secondary N) is 2. The third-order valence-electron chi connectivity index (χ3n) is 6.43. The molecule has 2 aromatic rings. The molecule has 0 bridgehead atoms. The maximum absolute atomic E-state index is 12.8. The van der Waals surface area contributed by atoms with E-state index in [1.54, 1.807) is 25.2 Å². The molecule has 2 aliphatic rings. The SMILES string of the molecule is CC#Cc1ccc2scc(C[C@H]3C[C@H]3C3(C)CS(=O)(=O)C(C)(C)C(=N)N3)c2c1. The van der Waals surface area contributed by atoms with Gasteiger partial charge in [0, 0.05) is 10.3 Å². The van der Waals surface area contributed by atoms with Crippen molar-refractivity contribution in [3.8, 4) is 11.8 Å². The number of thiophene rings is 1. The van der Waals surface area contributed by atoms with Crippen LogP contribution in [0, 0.1) is 29.1 Å². The first-order valence-electron chi connectivity index (χ1n) is 9.60. The lowest BCUT2D eigenvalue weighted by Gasteiger charge is -2.43. The van der Waals surface area contributed by atoms with Crippen molar-refractivity contribution < 1.29 is 8.42 Å². The quantitative estimate of drug-likeness (QED) is 0.746. The zero-order valence-corrected chi connectivity index (χ0v) is 18.4. The lowest BCUT2D eigenvalue weighted by molar-refractivity contribution is 0.360. The highest BCUT2D eigenvalue weighted by molar-refractivity contribution is 7.93. The van der Waals surface area contributed by atoms with Crippen LogP contribution in [0.3, 0.4) is 0 Å². The molecule has 2 N–H and O–H groups in total. The van der Waals surface area contributed by atoms with Crippen LogP contribution in [-0.4, -0.2) is 30.3 Å². The van der Waals surface area contributed by atoms with E-state index in [2.05, 4.69) is 40.7 Å². The molecule has 0 amide bonds. The van der Waals surface area contributed by atoms with Gasteiger partial charge in [0.25, 0.3) is 0 Å². The van der Waals surface area contributed by atoms with E-state index in [9.17, 15) is 8.42 Å². The average Bonchev–Trinajstić information content (AvgIpc) is 3.28. The Morgan fingerprint density at radius 2 is 2.07 bits per heavy atom. The predicted octanol–water partition coefficient (Wildman–Crippen LogP) is 3.98. The minimum absolute atomic E-state index is 0.0944. The Labute approximate surface area is 171 Å². The Kier molecular flexibility index (Phi) is 4.40. The largest absolute Gasteiger partial charge is 0.366 e. The molecular weight excluding hydrogens is 388 g/mol. The van der Waals surface area contributed by atoms with Crippen LogP contribution in [0.1, 0.15) is 45.2 Å². The molecule has 0 spiro atoms. The molecule has 2 fully saturated rings. The van der Waals surface area contributed by atoms with Crippen molar-refractivity contribution >= 4 is 37.1 Å². The second-order valence-electron chi connectivity index (χ2n) is 8.84. The highest BCUT2D eigenvalue weighted by Crippen LogP contribution is 2.51. The number of rotatable bonds is 3. The van der Waals surface area contributed by atoms with Crippen LogP contribution in [0.25, 0.3) is 10.1 Å². The maximum atomic E-state index is 12.8. The standard InChI is InChI=1S/C22H26N2O2S2/c1-5-6-14-7-8-19-17(9-14)16(12-27-19)10-15-11-18(15)22(4)13-28(25,26)21(2,3)20(23)24-22/h7-9,12,15,18H,10-11,13H2,1-4H3,(H2,23,24)/t15-,18+,22?/m0/s1. The molecule has 28 heavy (non-hydrogen) atoms. The van der Waals surface area contributed by atoms with Crippen LogP contribution in [-0.2, 0) is 16.3 Å². The molecule has 1 saturated heterocycles. The highest BCUT2D eigenvalue weighted by atomic mass is 32.2. The Hall–Kier alpha value is -1.84. The Morgan fingerprint density at radius 3 is 2.75 bits per heavy atom. The summed E-state index contributed by atoms with van der Waals surface area (Å²) in [6.07, 6.45) is 1.94. The summed E-state index contributed by atoms with van der Waals surface area (Å²) in [5.74, 6) is 7.01. The first-order valence-corrected chi connectivity index (χ1v) is 12.1. The van der Waals surface area contributed by atoms with E-state index in [0.717, 1.165) is 18.4 Å². The summed E-state index contributed by atoms with van der Waals surface area (Å²) in [6, 6.07) is 6.36. The van der Waals surface area contributed by atoms with Gasteiger partial charge in [-0.05, 0) is 86.9 Å². The second kappa shape index (κ2) is 6.33. The van der Waals surface area contributed by atoms with Gasteiger partial charge in [-0.2, -0.15) is 0 Å². The van der Waals surface area contributed by atoms with E-state index in [4.69, 9.17) is 5.41 Å². The van der Waals surface area contributed by atoms with Crippen LogP contribution in [0.5, 0.6) is 0 Å². The molecule has 1 aliphatic carbocycles. The monoisotopic (exact) mass is 414 g/mol. The molecule has 4 rings (SSSR count). The first-order chi connectivity index (χ1) is 13.1. The zero-order valence-electron chi connectivity index (χ0n) is 16.7. The lowest BCUT2D eigenvalue weighted by Crippen LogP contribution is -2.66. The molecule has 1 saturated carbocycles. The normalized spacial score (nSPS) is 30.4. The third kappa shape index (κ3) is 3.05. The fourth-order valence-electron chi connectivity index (χ4n) is 4.40. The summed E-state index contributed by atoms with van der Waals surface area (Å²) in [7, 11) is -3.36. The second-order valence-corrected chi connectivity index (χ2v) is 12.3. The van der Waals surface area contributed by atoms with Gasteiger partial charge in [-0.15, -0.1) is 17.3 Å². The minimum Gasteiger partial charge on any atom is -0.366 e. The molecule has 1 aromatic carbocycles. The van der Waals surface area contributed by atoms with Gasteiger partial charge in [-0.25, -0.2) is 8.42 Å². The summed E-state index contributed by atoms with van der Waals surface area (Å²) in [4.78, 5) is 0. The Morgan fingerprint density at radius 1 is 1.32 bits per heavy atom. The first kappa shape index (κ1) is 19.5. The van der Waals surface area contributed by atoms with Gasteiger partial charge >= 0.3 is 0 Å². The van der Waals surface area contributed by atoms with Crippen molar-refractivity contribution in [2.75, 3.05) is 5.75 Å². The smallest absolute Gasteiger partial charge is 0.164 e. The van der Waals surface area contributed by atoms with Crippen molar-refractivity contribution in [1.29, 1.82) is 5.41 Å². The summed E-state index contributed by atoms with van der Waals surface area (Å²) in [5, 5.41) is 15.0. The van der Waals surface area contributed by atoms with Crippen molar-refractivity contribution in [1.82, 2.24) is 5.32 Å². The topological polar surface area (TPSA) is 70.0 Å². The average molecular weight is 415 g/mol. The number of benzene rings is 1. The lowest BCUT2D eigenvalue weighted by atomic mass is 9.93. The summed E-state index contributed by atoms with van der Waals surface area (Å²) < 4.78 is 25.7. The Bertz CT molecular complexity index is 1130. The van der Waals surface area contributed by atoms with Gasteiger partial charge in [0.1, 0.15) is 10.6 Å². The van der Waals surface area contributed by atoms with Crippen molar-refractivity contribution in [2.24, 2.45) is 11.8 Å². The number of hydrogen-bond acceptors (Lipinski definition) is 4. The van der Waals surface area contributed by atoms with E-state index < -0.39 is 20.1 Å². The van der Waals surface area contributed by atoms with Gasteiger partial charge in [-0.3, -0.25) is 5.41 Å². The molecule has 1 aromatic heterocycles. The maximum Gasteiger partial charge on any atom is 0.164 e. The summed E-state index contributed by atoms with van der Waals surface area (Å²) in [5.41, 5.74) is 1.80. The molecule has 148 valence electrons. The number of amidine groups is 1.